The molecule has 0 spiro atoms. The van der Waals surface area contributed by atoms with Crippen LogP contribution in [-0.4, -0.2) is 25.5 Å². The van der Waals surface area contributed by atoms with Crippen molar-refractivity contribution in [2.75, 3.05) is 24.4 Å². The molecule has 0 aliphatic heterocycles. The number of rotatable bonds is 5. The van der Waals surface area contributed by atoms with Gasteiger partial charge in [-0.15, -0.1) is 11.3 Å². The van der Waals surface area contributed by atoms with Crippen molar-refractivity contribution in [3.05, 3.63) is 45.1 Å². The molecule has 0 saturated heterocycles. The van der Waals surface area contributed by atoms with Gasteiger partial charge in [0, 0.05) is 18.5 Å². The first-order chi connectivity index (χ1) is 10.1. The largest absolute Gasteiger partial charge is 0.375 e. The lowest BCUT2D eigenvalue weighted by Crippen LogP contribution is -2.17. The molecule has 0 bridgehead atoms. The predicted octanol–water partition coefficient (Wildman–Crippen LogP) is 3.35. The molecule has 1 aromatic heterocycles. The van der Waals surface area contributed by atoms with Crippen LogP contribution in [0, 0.1) is 0 Å². The number of amides is 2. The molecule has 0 unspecified atom stereocenters. The molecule has 0 atom stereocenters. The smallest absolute Gasteiger partial charge is 0.265 e. The van der Waals surface area contributed by atoms with Gasteiger partial charge in [0.15, 0.2) is 0 Å². The lowest BCUT2D eigenvalue weighted by atomic mass is 10.2. The number of hydrogen-bond donors (Lipinski definition) is 2. The zero-order chi connectivity index (χ0) is 15.2. The van der Waals surface area contributed by atoms with Crippen molar-refractivity contribution in [2.45, 2.75) is 0 Å². The molecule has 1 aromatic carbocycles. The molecule has 0 saturated carbocycles. The Bertz CT molecular complexity index is 657. The summed E-state index contributed by atoms with van der Waals surface area (Å²) >= 11 is 4.67. The number of hydrogen-bond acceptors (Lipinski definition) is 4. The summed E-state index contributed by atoms with van der Waals surface area (Å²) in [5, 5.41) is 5.47. The maximum Gasteiger partial charge on any atom is 0.265 e. The van der Waals surface area contributed by atoms with Crippen LogP contribution in [0.1, 0.15) is 9.67 Å². The van der Waals surface area contributed by atoms with Crippen molar-refractivity contribution in [2.24, 2.45) is 0 Å². The Labute approximate surface area is 134 Å². The zero-order valence-corrected chi connectivity index (χ0v) is 13.6. The van der Waals surface area contributed by atoms with Crippen molar-refractivity contribution in [1.82, 2.24) is 0 Å². The summed E-state index contributed by atoms with van der Waals surface area (Å²) in [6, 6.07) is 10.5. The molecule has 110 valence electrons. The minimum absolute atomic E-state index is 0.0141. The molecule has 0 radical (unpaired) electrons. The fourth-order valence-electron chi connectivity index (χ4n) is 1.63. The molecule has 7 heteroatoms. The normalized spacial score (nSPS) is 10.2. The molecule has 1 heterocycles. The molecule has 0 aliphatic rings. The summed E-state index contributed by atoms with van der Waals surface area (Å²) in [6.07, 6.45) is 0. The molecule has 21 heavy (non-hydrogen) atoms. The quantitative estimate of drug-likeness (QED) is 0.850. The molecule has 2 rings (SSSR count). The number of methoxy groups -OCH3 is 1. The van der Waals surface area contributed by atoms with Crippen molar-refractivity contribution in [3.8, 4) is 0 Å². The monoisotopic (exact) mass is 368 g/mol. The van der Waals surface area contributed by atoms with Crippen LogP contribution < -0.4 is 10.6 Å². The maximum atomic E-state index is 12.0. The number of ether oxygens (including phenoxy) is 1. The van der Waals surface area contributed by atoms with Crippen LogP contribution in [0.3, 0.4) is 0 Å². The highest BCUT2D eigenvalue weighted by molar-refractivity contribution is 9.11. The Morgan fingerprint density at radius 3 is 2.52 bits per heavy atom. The van der Waals surface area contributed by atoms with E-state index in [1.807, 2.05) is 6.07 Å². The minimum Gasteiger partial charge on any atom is -0.375 e. The van der Waals surface area contributed by atoms with Crippen LogP contribution in [-0.2, 0) is 9.53 Å². The van der Waals surface area contributed by atoms with Gasteiger partial charge < -0.3 is 15.4 Å². The number of carbonyl (C=O) groups is 2. The van der Waals surface area contributed by atoms with Gasteiger partial charge in [-0.1, -0.05) is 6.07 Å². The van der Waals surface area contributed by atoms with E-state index < -0.39 is 0 Å². The van der Waals surface area contributed by atoms with E-state index in [9.17, 15) is 9.59 Å². The summed E-state index contributed by atoms with van der Waals surface area (Å²) in [5.74, 6) is -0.436. The van der Waals surface area contributed by atoms with Crippen LogP contribution in [0.5, 0.6) is 0 Å². The highest BCUT2D eigenvalue weighted by Crippen LogP contribution is 2.23. The summed E-state index contributed by atoms with van der Waals surface area (Å²) in [7, 11) is 1.45. The zero-order valence-electron chi connectivity index (χ0n) is 11.2. The fraction of sp³-hybridized carbons (Fsp3) is 0.143. The van der Waals surface area contributed by atoms with E-state index in [4.69, 9.17) is 4.74 Å². The van der Waals surface area contributed by atoms with Gasteiger partial charge in [-0.25, -0.2) is 0 Å². The first kappa shape index (κ1) is 15.7. The Hall–Kier alpha value is -1.70. The van der Waals surface area contributed by atoms with Crippen LogP contribution in [0.4, 0.5) is 11.4 Å². The Morgan fingerprint density at radius 1 is 1.19 bits per heavy atom. The van der Waals surface area contributed by atoms with Gasteiger partial charge in [0.05, 0.1) is 8.66 Å². The minimum atomic E-state index is -0.247. The summed E-state index contributed by atoms with van der Waals surface area (Å²) in [4.78, 5) is 24.1. The first-order valence-electron chi connectivity index (χ1n) is 6.04. The summed E-state index contributed by atoms with van der Waals surface area (Å²) in [6.45, 7) is -0.0141. The van der Waals surface area contributed by atoms with E-state index in [1.165, 1.54) is 18.4 Å². The highest BCUT2D eigenvalue weighted by Gasteiger charge is 2.09. The van der Waals surface area contributed by atoms with Crippen LogP contribution in [0.2, 0.25) is 0 Å². The lowest BCUT2D eigenvalue weighted by Gasteiger charge is -2.08. The molecular formula is C14H13BrN2O3S. The number of benzene rings is 1. The van der Waals surface area contributed by atoms with Crippen molar-refractivity contribution >= 4 is 50.5 Å². The van der Waals surface area contributed by atoms with Gasteiger partial charge in [0.2, 0.25) is 5.91 Å². The lowest BCUT2D eigenvalue weighted by molar-refractivity contribution is -0.119. The van der Waals surface area contributed by atoms with Gasteiger partial charge >= 0.3 is 0 Å². The molecule has 0 fully saturated rings. The molecule has 2 N–H and O–H groups in total. The van der Waals surface area contributed by atoms with Gasteiger partial charge in [-0.05, 0) is 46.3 Å². The first-order valence-corrected chi connectivity index (χ1v) is 7.65. The predicted molar refractivity (Wildman–Crippen MR) is 86.9 cm³/mol. The SMILES string of the molecule is COCC(=O)Nc1cccc(NC(=O)c2ccc(Br)s2)c1. The van der Waals surface area contributed by atoms with E-state index >= 15 is 0 Å². The summed E-state index contributed by atoms with van der Waals surface area (Å²) < 4.78 is 5.64. The second-order valence-corrected chi connectivity index (χ2v) is 6.58. The Morgan fingerprint density at radius 2 is 1.90 bits per heavy atom. The Kier molecular flexibility index (Phi) is 5.49. The highest BCUT2D eigenvalue weighted by atomic mass is 79.9. The average molecular weight is 369 g/mol. The van der Waals surface area contributed by atoms with E-state index in [1.54, 1.807) is 30.3 Å². The molecule has 5 nitrogen and oxygen atoms in total. The number of anilines is 2. The molecule has 2 aromatic rings. The molecule has 2 amide bonds. The van der Waals surface area contributed by atoms with Gasteiger partial charge in [-0.2, -0.15) is 0 Å². The average Bonchev–Trinajstić information content (AvgIpc) is 2.86. The van der Waals surface area contributed by atoms with Crippen molar-refractivity contribution < 1.29 is 14.3 Å². The van der Waals surface area contributed by atoms with Crippen molar-refractivity contribution in [3.63, 3.8) is 0 Å². The van der Waals surface area contributed by atoms with Crippen LogP contribution in [0.15, 0.2) is 40.2 Å². The number of nitrogens with one attached hydrogen (secondary N) is 2. The Balaban J connectivity index is 2.04. The van der Waals surface area contributed by atoms with E-state index in [-0.39, 0.29) is 18.4 Å². The molecular weight excluding hydrogens is 356 g/mol. The van der Waals surface area contributed by atoms with Crippen LogP contribution in [0.25, 0.3) is 0 Å². The maximum absolute atomic E-state index is 12.0. The van der Waals surface area contributed by atoms with E-state index in [0.717, 1.165) is 3.79 Å². The molecule has 0 aliphatic carbocycles. The number of halogens is 1. The van der Waals surface area contributed by atoms with Gasteiger partial charge in [-0.3, -0.25) is 9.59 Å². The number of carbonyl (C=O) groups excluding carboxylic acids is 2. The third-order valence-electron chi connectivity index (χ3n) is 2.48. The second kappa shape index (κ2) is 7.35. The number of thiophene rings is 1. The second-order valence-electron chi connectivity index (χ2n) is 4.12. The van der Waals surface area contributed by atoms with E-state index in [2.05, 4.69) is 26.6 Å². The third kappa shape index (κ3) is 4.66. The van der Waals surface area contributed by atoms with Gasteiger partial charge in [0.1, 0.15) is 6.61 Å². The standard InChI is InChI=1S/C14H13BrN2O3S/c1-20-8-13(18)16-9-3-2-4-10(7-9)17-14(19)11-5-6-12(15)21-11/h2-7H,8H2,1H3,(H,16,18)(H,17,19). The third-order valence-corrected chi connectivity index (χ3v) is 4.10. The summed E-state index contributed by atoms with van der Waals surface area (Å²) in [5.41, 5.74) is 1.21. The topological polar surface area (TPSA) is 67.4 Å². The fourth-order valence-corrected chi connectivity index (χ4v) is 2.91. The van der Waals surface area contributed by atoms with E-state index in [0.29, 0.717) is 16.3 Å². The van der Waals surface area contributed by atoms with Gasteiger partial charge in [0.25, 0.3) is 5.91 Å². The van der Waals surface area contributed by atoms with Crippen molar-refractivity contribution in [1.29, 1.82) is 0 Å². The van der Waals surface area contributed by atoms with Crippen LogP contribution >= 0.6 is 27.3 Å².